The molecule has 0 spiro atoms. The predicted octanol–water partition coefficient (Wildman–Crippen LogP) is 4.34. The summed E-state index contributed by atoms with van der Waals surface area (Å²) in [7, 11) is -0.934. The first-order valence-electron chi connectivity index (χ1n) is 7.22. The minimum Gasteiger partial charge on any atom is -0.460 e. The first-order valence-corrected chi connectivity index (χ1v) is 9.72. The van der Waals surface area contributed by atoms with Gasteiger partial charge < -0.3 is 9.26 Å². The highest BCUT2D eigenvalue weighted by Crippen LogP contribution is 2.30. The molecule has 0 radical (unpaired) electrons. The lowest BCUT2D eigenvalue weighted by molar-refractivity contribution is -0.141. The molecule has 23 heavy (non-hydrogen) atoms. The smallest absolute Gasteiger partial charge is 0.320 e. The number of allylic oxidation sites excluding steroid dienone is 4. The van der Waals surface area contributed by atoms with Crippen molar-refractivity contribution in [2.45, 2.75) is 6.42 Å². The number of carbonyl (C=O) groups excluding carboxylic acids is 1. The maximum absolute atomic E-state index is 11.8. The second-order valence-corrected chi connectivity index (χ2v) is 7.26. The Balaban J connectivity index is 1.68. The Bertz CT molecular complexity index is 611. The fourth-order valence-corrected chi connectivity index (χ4v) is 2.92. The van der Waals surface area contributed by atoms with Gasteiger partial charge in [-0.25, -0.2) is 0 Å². The summed E-state index contributed by atoms with van der Waals surface area (Å²) in [5, 5.41) is 3.05. The van der Waals surface area contributed by atoms with Crippen LogP contribution in [0.25, 0.3) is 0 Å². The molecule has 0 saturated carbocycles. The first kappa shape index (κ1) is 17.9. The molecule has 0 fully saturated rings. The summed E-state index contributed by atoms with van der Waals surface area (Å²) in [6.07, 6.45) is 10.9. The Morgan fingerprint density at radius 2 is 2.09 bits per heavy atom. The van der Waals surface area contributed by atoms with Crippen molar-refractivity contribution >= 4 is 30.2 Å². The molecule has 6 heteroatoms. The van der Waals surface area contributed by atoms with Crippen molar-refractivity contribution in [1.29, 1.82) is 0 Å². The quantitative estimate of drug-likeness (QED) is 0.550. The Kier molecular flexibility index (Phi) is 7.53. The van der Waals surface area contributed by atoms with Crippen LogP contribution in [0.3, 0.4) is 0 Å². The molecule has 0 amide bonds. The van der Waals surface area contributed by atoms with E-state index in [1.165, 1.54) is 0 Å². The van der Waals surface area contributed by atoms with Crippen molar-refractivity contribution in [2.24, 2.45) is 0 Å². The average Bonchev–Trinajstić information content (AvgIpc) is 2.82. The molecule has 1 aromatic carbocycles. The number of esters is 1. The summed E-state index contributed by atoms with van der Waals surface area (Å²) in [5.41, 5.74) is 0.983. The van der Waals surface area contributed by atoms with E-state index < -0.39 is 8.30 Å². The largest absolute Gasteiger partial charge is 0.460 e. The van der Waals surface area contributed by atoms with E-state index in [4.69, 9.17) is 9.26 Å². The normalized spacial score (nSPS) is 14.8. The maximum Gasteiger partial charge on any atom is 0.320 e. The summed E-state index contributed by atoms with van der Waals surface area (Å²) < 4.78 is 12.0. The van der Waals surface area contributed by atoms with Gasteiger partial charge in [0.25, 0.3) is 0 Å². The Hall–Kier alpha value is -1.42. The zero-order valence-electron chi connectivity index (χ0n) is 12.9. The van der Waals surface area contributed by atoms with Crippen LogP contribution in [0.1, 0.15) is 6.42 Å². The molecule has 0 heterocycles. The molecule has 1 aliphatic carbocycles. The van der Waals surface area contributed by atoms with E-state index >= 15 is 0 Å². The Morgan fingerprint density at radius 1 is 1.30 bits per heavy atom. The molecule has 4 nitrogen and oxygen atoms in total. The van der Waals surface area contributed by atoms with Crippen LogP contribution in [0, 0.1) is 0 Å². The van der Waals surface area contributed by atoms with Crippen molar-refractivity contribution in [3.63, 3.8) is 0 Å². The van der Waals surface area contributed by atoms with E-state index in [-0.39, 0.29) is 19.1 Å². The van der Waals surface area contributed by atoms with Gasteiger partial charge in [0, 0.05) is 11.1 Å². The number of hydrogen-bond donors (Lipinski definition) is 1. The SMILES string of the molecule is CP(NCC(=O)OCC1=CC=CCC=C1)Oc1ccc(Br)cc1. The van der Waals surface area contributed by atoms with Crippen LogP contribution < -0.4 is 9.61 Å². The molecular weight excluding hydrogens is 377 g/mol. The van der Waals surface area contributed by atoms with Crippen molar-refractivity contribution in [3.8, 4) is 5.75 Å². The Morgan fingerprint density at radius 3 is 2.87 bits per heavy atom. The molecule has 1 atom stereocenters. The topological polar surface area (TPSA) is 47.6 Å². The van der Waals surface area contributed by atoms with Gasteiger partial charge in [0.1, 0.15) is 18.9 Å². The molecule has 0 aliphatic heterocycles. The van der Waals surface area contributed by atoms with E-state index in [0.29, 0.717) is 0 Å². The molecule has 0 bridgehead atoms. The molecule has 2 rings (SSSR count). The molecule has 1 unspecified atom stereocenters. The van der Waals surface area contributed by atoms with Gasteiger partial charge in [-0.2, -0.15) is 0 Å². The number of ether oxygens (including phenoxy) is 1. The van der Waals surface area contributed by atoms with E-state index in [9.17, 15) is 4.79 Å². The number of halogens is 1. The van der Waals surface area contributed by atoms with Crippen molar-refractivity contribution < 1.29 is 14.1 Å². The lowest BCUT2D eigenvalue weighted by atomic mass is 10.2. The second kappa shape index (κ2) is 9.66. The number of rotatable bonds is 7. The number of hydrogen-bond acceptors (Lipinski definition) is 4. The van der Waals surface area contributed by atoms with Crippen molar-refractivity contribution in [1.82, 2.24) is 5.09 Å². The molecule has 1 aromatic rings. The van der Waals surface area contributed by atoms with Gasteiger partial charge in [-0.15, -0.1) is 0 Å². The molecule has 0 saturated heterocycles. The summed E-state index contributed by atoms with van der Waals surface area (Å²) in [6.45, 7) is 2.33. The van der Waals surface area contributed by atoms with Crippen LogP contribution >= 0.6 is 24.2 Å². The monoisotopic (exact) mass is 395 g/mol. The Labute approximate surface area is 146 Å². The fourth-order valence-electron chi connectivity index (χ4n) is 1.80. The fraction of sp³-hybridized carbons (Fsp3) is 0.235. The number of nitrogens with one attached hydrogen (secondary N) is 1. The first-order chi connectivity index (χ1) is 11.1. The van der Waals surface area contributed by atoms with E-state index in [2.05, 4.69) is 27.1 Å². The molecule has 122 valence electrons. The van der Waals surface area contributed by atoms with Crippen LogP contribution in [0.2, 0.25) is 0 Å². The van der Waals surface area contributed by atoms with Gasteiger partial charge in [-0.3, -0.25) is 9.88 Å². The lowest BCUT2D eigenvalue weighted by Crippen LogP contribution is -2.22. The van der Waals surface area contributed by atoms with Gasteiger partial charge in [-0.05, 0) is 36.3 Å². The highest BCUT2D eigenvalue weighted by atomic mass is 79.9. The van der Waals surface area contributed by atoms with Gasteiger partial charge in [0.15, 0.2) is 8.30 Å². The molecular formula is C17H19BrNO3P. The van der Waals surface area contributed by atoms with E-state index in [1.54, 1.807) is 0 Å². The van der Waals surface area contributed by atoms with E-state index in [1.807, 2.05) is 55.2 Å². The minimum absolute atomic E-state index is 0.131. The highest BCUT2D eigenvalue weighted by molar-refractivity contribution is 9.10. The summed E-state index contributed by atoms with van der Waals surface area (Å²) >= 11 is 3.38. The summed E-state index contributed by atoms with van der Waals surface area (Å²) in [5.74, 6) is 0.476. The zero-order valence-corrected chi connectivity index (χ0v) is 15.3. The van der Waals surface area contributed by atoms with Crippen molar-refractivity contribution in [2.75, 3.05) is 19.8 Å². The maximum atomic E-state index is 11.8. The third-order valence-corrected chi connectivity index (χ3v) is 4.57. The predicted molar refractivity (Wildman–Crippen MR) is 97.6 cm³/mol. The molecule has 1 N–H and O–H groups in total. The lowest BCUT2D eigenvalue weighted by Gasteiger charge is -2.15. The van der Waals surface area contributed by atoms with Crippen LogP contribution in [0.15, 0.2) is 64.7 Å². The number of benzene rings is 1. The zero-order chi connectivity index (χ0) is 16.5. The van der Waals surface area contributed by atoms with Gasteiger partial charge in [0.2, 0.25) is 0 Å². The third kappa shape index (κ3) is 7.12. The number of carbonyl (C=O) groups is 1. The van der Waals surface area contributed by atoms with Gasteiger partial charge >= 0.3 is 5.97 Å². The summed E-state index contributed by atoms with van der Waals surface area (Å²) in [6, 6.07) is 7.58. The van der Waals surface area contributed by atoms with Crippen LogP contribution in [-0.4, -0.2) is 25.8 Å². The second-order valence-electron chi connectivity index (χ2n) is 4.85. The van der Waals surface area contributed by atoms with Crippen LogP contribution in [0.5, 0.6) is 5.75 Å². The van der Waals surface area contributed by atoms with Gasteiger partial charge in [-0.1, -0.05) is 46.3 Å². The van der Waals surface area contributed by atoms with Crippen LogP contribution in [0.4, 0.5) is 0 Å². The van der Waals surface area contributed by atoms with E-state index in [0.717, 1.165) is 22.2 Å². The molecule has 0 aromatic heterocycles. The minimum atomic E-state index is -0.934. The van der Waals surface area contributed by atoms with Crippen molar-refractivity contribution in [3.05, 3.63) is 64.7 Å². The summed E-state index contributed by atoms with van der Waals surface area (Å²) in [4.78, 5) is 11.8. The third-order valence-electron chi connectivity index (χ3n) is 2.95. The highest BCUT2D eigenvalue weighted by Gasteiger charge is 2.09. The standard InChI is InChI=1S/C17H19BrNO3P/c1-23(22-16-10-8-15(18)9-11-16)19-12-17(20)21-13-14-6-4-2-3-5-7-14/h2,4-11,19H,3,12-13H2,1H3. The average molecular weight is 396 g/mol. The molecule has 1 aliphatic rings. The van der Waals surface area contributed by atoms with Gasteiger partial charge in [0.05, 0.1) is 0 Å². The van der Waals surface area contributed by atoms with Crippen LogP contribution in [-0.2, 0) is 9.53 Å².